The van der Waals surface area contributed by atoms with Crippen LogP contribution in [0.15, 0.2) is 36.7 Å². The van der Waals surface area contributed by atoms with Gasteiger partial charge in [-0.25, -0.2) is 14.8 Å². The summed E-state index contributed by atoms with van der Waals surface area (Å²) in [6.45, 7) is 10.1. The van der Waals surface area contributed by atoms with Gasteiger partial charge in [0.15, 0.2) is 0 Å². The van der Waals surface area contributed by atoms with Crippen molar-refractivity contribution in [3.05, 3.63) is 53.3 Å². The lowest BCUT2D eigenvalue weighted by Crippen LogP contribution is -2.68. The standard InChI is InChI=1S/C27H35F3N6O/c1-4-20-5-7-21(8-6-20)15-34-16-26(17-34)9-23(10-26)33-25(37)36-18(2)13-35(14-19(36)3)24-31-11-22(12-32-24)27(28,29)30/h5-8,11-12,18-19,23H,4,9-10,13-17H2,1-3H3,(H,33,37)/t18-,19+. The molecule has 2 amide bonds. The maximum absolute atomic E-state index is 13.1. The zero-order chi connectivity index (χ0) is 26.4. The van der Waals surface area contributed by atoms with Gasteiger partial charge in [0.25, 0.3) is 0 Å². The van der Waals surface area contributed by atoms with Gasteiger partial charge in [0, 0.05) is 63.2 Å². The number of rotatable bonds is 5. The van der Waals surface area contributed by atoms with E-state index in [9.17, 15) is 18.0 Å². The molecule has 0 radical (unpaired) electrons. The number of hydrogen-bond acceptors (Lipinski definition) is 5. The minimum absolute atomic E-state index is 0.0694. The average Bonchev–Trinajstić information content (AvgIpc) is 2.81. The van der Waals surface area contributed by atoms with Crippen LogP contribution in [0.5, 0.6) is 0 Å². The van der Waals surface area contributed by atoms with Crippen LogP contribution in [0, 0.1) is 5.41 Å². The van der Waals surface area contributed by atoms with Crippen molar-refractivity contribution < 1.29 is 18.0 Å². The third-order valence-electron chi connectivity index (χ3n) is 8.04. The van der Waals surface area contributed by atoms with Gasteiger partial charge < -0.3 is 15.1 Å². The fourth-order valence-corrected chi connectivity index (χ4v) is 6.27. The molecule has 2 saturated heterocycles. The highest BCUT2D eigenvalue weighted by atomic mass is 19.4. The highest BCUT2D eigenvalue weighted by Crippen LogP contribution is 2.48. The monoisotopic (exact) mass is 516 g/mol. The first-order chi connectivity index (χ1) is 17.5. The highest BCUT2D eigenvalue weighted by molar-refractivity contribution is 5.76. The number of aryl methyl sites for hydroxylation is 1. The van der Waals surface area contributed by atoms with Crippen LogP contribution in [0.3, 0.4) is 0 Å². The summed E-state index contributed by atoms with van der Waals surface area (Å²) < 4.78 is 38.5. The van der Waals surface area contributed by atoms with Gasteiger partial charge in [0.2, 0.25) is 5.95 Å². The molecule has 0 unspecified atom stereocenters. The van der Waals surface area contributed by atoms with E-state index in [0.29, 0.717) is 18.5 Å². The van der Waals surface area contributed by atoms with E-state index in [0.717, 1.165) is 51.3 Å². The number of halogens is 3. The molecule has 3 aliphatic rings. The molecule has 1 aromatic heterocycles. The quantitative estimate of drug-likeness (QED) is 0.641. The Morgan fingerprint density at radius 3 is 2.14 bits per heavy atom. The molecule has 2 atom stereocenters. The van der Waals surface area contributed by atoms with E-state index in [4.69, 9.17) is 0 Å². The van der Waals surface area contributed by atoms with Gasteiger partial charge in [-0.05, 0) is 49.7 Å². The number of piperazine rings is 1. The predicted molar refractivity (Wildman–Crippen MR) is 135 cm³/mol. The van der Waals surface area contributed by atoms with Crippen LogP contribution in [-0.2, 0) is 19.1 Å². The summed E-state index contributed by atoms with van der Waals surface area (Å²) in [6, 6.07) is 8.73. The predicted octanol–water partition coefficient (Wildman–Crippen LogP) is 4.33. The van der Waals surface area contributed by atoms with Crippen molar-refractivity contribution in [1.29, 1.82) is 0 Å². The lowest BCUT2D eigenvalue weighted by Gasteiger charge is -2.59. The Hall–Kier alpha value is -2.88. The number of carbonyl (C=O) groups is 1. The fraction of sp³-hybridized carbons (Fsp3) is 0.593. The summed E-state index contributed by atoms with van der Waals surface area (Å²) in [4.78, 5) is 27.1. The zero-order valence-corrected chi connectivity index (χ0v) is 21.6. The molecule has 37 heavy (non-hydrogen) atoms. The van der Waals surface area contributed by atoms with E-state index in [1.54, 1.807) is 0 Å². The molecular formula is C27H35F3N6O. The molecule has 200 valence electrons. The molecular weight excluding hydrogens is 481 g/mol. The largest absolute Gasteiger partial charge is 0.419 e. The van der Waals surface area contributed by atoms with E-state index in [2.05, 4.69) is 51.4 Å². The van der Waals surface area contributed by atoms with Crippen molar-refractivity contribution in [2.24, 2.45) is 5.41 Å². The molecule has 10 heteroatoms. The first-order valence-electron chi connectivity index (χ1n) is 13.1. The van der Waals surface area contributed by atoms with Crippen LogP contribution in [0.2, 0.25) is 0 Å². The number of hydrogen-bond donors (Lipinski definition) is 1. The van der Waals surface area contributed by atoms with Gasteiger partial charge in [-0.2, -0.15) is 13.2 Å². The van der Waals surface area contributed by atoms with Gasteiger partial charge in [-0.15, -0.1) is 0 Å². The Morgan fingerprint density at radius 2 is 1.59 bits per heavy atom. The number of nitrogens with zero attached hydrogens (tertiary/aromatic N) is 5. The summed E-state index contributed by atoms with van der Waals surface area (Å²) in [6.07, 6.45) is 0.230. The van der Waals surface area contributed by atoms with Crippen LogP contribution in [0.25, 0.3) is 0 Å². The van der Waals surface area contributed by atoms with Gasteiger partial charge in [0.1, 0.15) is 0 Å². The molecule has 1 N–H and O–H groups in total. The second-order valence-electron chi connectivity index (χ2n) is 11.1. The first kappa shape index (κ1) is 25.8. The third-order valence-corrected chi connectivity index (χ3v) is 8.04. The molecule has 5 rings (SSSR count). The Bertz CT molecular complexity index is 1080. The number of anilines is 1. The lowest BCUT2D eigenvalue weighted by molar-refractivity contribution is -0.138. The van der Waals surface area contributed by atoms with Crippen molar-refractivity contribution in [2.45, 2.75) is 70.9 Å². The van der Waals surface area contributed by atoms with Crippen molar-refractivity contribution in [3.63, 3.8) is 0 Å². The maximum Gasteiger partial charge on any atom is 0.419 e. The molecule has 2 aliphatic heterocycles. The molecule has 3 heterocycles. The van der Waals surface area contributed by atoms with E-state index < -0.39 is 11.7 Å². The summed E-state index contributed by atoms with van der Waals surface area (Å²) in [5.41, 5.74) is 2.17. The Kier molecular flexibility index (Phi) is 6.81. The van der Waals surface area contributed by atoms with E-state index in [-0.39, 0.29) is 30.1 Å². The number of amides is 2. The van der Waals surface area contributed by atoms with Gasteiger partial charge in [-0.1, -0.05) is 31.2 Å². The van der Waals surface area contributed by atoms with Crippen LogP contribution in [-0.4, -0.2) is 70.1 Å². The minimum atomic E-state index is -4.46. The number of aromatic nitrogens is 2. The lowest BCUT2D eigenvalue weighted by atomic mass is 9.60. The van der Waals surface area contributed by atoms with Gasteiger partial charge in [0.05, 0.1) is 5.56 Å². The molecule has 1 aliphatic carbocycles. The topological polar surface area (TPSA) is 64.6 Å². The SMILES string of the molecule is CCc1ccc(CN2CC3(CC(NC(=O)N4[C@H](C)CN(c5ncc(C(F)(F)F)cn5)C[C@@H]4C)C3)C2)cc1. The first-order valence-corrected chi connectivity index (χ1v) is 13.1. The molecule has 1 aromatic carbocycles. The van der Waals surface area contributed by atoms with Gasteiger partial charge in [-0.3, -0.25) is 4.90 Å². The van der Waals surface area contributed by atoms with Gasteiger partial charge >= 0.3 is 12.2 Å². The van der Waals surface area contributed by atoms with Crippen LogP contribution in [0.4, 0.5) is 23.9 Å². The zero-order valence-electron chi connectivity index (χ0n) is 21.6. The normalized spacial score (nSPS) is 24.1. The molecule has 0 bridgehead atoms. The van der Waals surface area contributed by atoms with Crippen molar-refractivity contribution in [2.75, 3.05) is 31.1 Å². The number of nitrogens with one attached hydrogen (secondary N) is 1. The average molecular weight is 517 g/mol. The smallest absolute Gasteiger partial charge is 0.337 e. The Morgan fingerprint density at radius 1 is 1.03 bits per heavy atom. The Balaban J connectivity index is 1.08. The van der Waals surface area contributed by atoms with Crippen LogP contribution in [0.1, 0.15) is 50.3 Å². The number of urea groups is 1. The highest BCUT2D eigenvalue weighted by Gasteiger charge is 2.52. The number of carbonyl (C=O) groups excluding carboxylic acids is 1. The maximum atomic E-state index is 13.1. The second kappa shape index (κ2) is 9.78. The number of benzene rings is 1. The van der Waals surface area contributed by atoms with Crippen molar-refractivity contribution in [1.82, 2.24) is 25.1 Å². The Labute approximate surface area is 216 Å². The van der Waals surface area contributed by atoms with E-state index in [1.165, 1.54) is 11.1 Å². The van der Waals surface area contributed by atoms with Crippen molar-refractivity contribution in [3.8, 4) is 0 Å². The fourth-order valence-electron chi connectivity index (χ4n) is 6.27. The van der Waals surface area contributed by atoms with E-state index in [1.807, 2.05) is 23.6 Å². The van der Waals surface area contributed by atoms with Crippen LogP contribution >= 0.6 is 0 Å². The molecule has 3 fully saturated rings. The summed E-state index contributed by atoms with van der Waals surface area (Å²) >= 11 is 0. The minimum Gasteiger partial charge on any atom is -0.337 e. The number of alkyl halides is 3. The molecule has 1 spiro atoms. The third kappa shape index (κ3) is 5.39. The summed E-state index contributed by atoms with van der Waals surface area (Å²) in [5.74, 6) is 0.253. The molecule has 2 aromatic rings. The number of likely N-dealkylation sites (tertiary alicyclic amines) is 1. The summed E-state index contributed by atoms with van der Waals surface area (Å²) in [7, 11) is 0. The summed E-state index contributed by atoms with van der Waals surface area (Å²) in [5, 5.41) is 3.22. The second-order valence-corrected chi connectivity index (χ2v) is 11.1. The van der Waals surface area contributed by atoms with Crippen molar-refractivity contribution >= 4 is 12.0 Å². The van der Waals surface area contributed by atoms with E-state index >= 15 is 0 Å². The molecule has 1 saturated carbocycles. The molecule has 7 nitrogen and oxygen atoms in total. The van der Waals surface area contributed by atoms with Crippen LogP contribution < -0.4 is 10.2 Å².